The van der Waals surface area contributed by atoms with Gasteiger partial charge in [-0.25, -0.2) is 17.2 Å². The van der Waals surface area contributed by atoms with Crippen LogP contribution >= 0.6 is 0 Å². The zero-order valence-electron chi connectivity index (χ0n) is 22.6. The van der Waals surface area contributed by atoms with Gasteiger partial charge in [0.05, 0.1) is 24.2 Å². The minimum atomic E-state index is -3.42. The first-order chi connectivity index (χ1) is 19.1. The number of hydrogen-bond acceptors (Lipinski definition) is 7. The van der Waals surface area contributed by atoms with Gasteiger partial charge in [-0.1, -0.05) is 12.1 Å². The van der Waals surface area contributed by atoms with Gasteiger partial charge in [0.15, 0.2) is 0 Å². The number of piperazine rings is 1. The predicted octanol–water partition coefficient (Wildman–Crippen LogP) is 3.32. The number of benzene rings is 2. The van der Waals surface area contributed by atoms with Crippen molar-refractivity contribution in [1.29, 1.82) is 0 Å². The molecule has 214 valence electrons. The van der Waals surface area contributed by atoms with E-state index in [0.29, 0.717) is 38.0 Å². The van der Waals surface area contributed by atoms with Gasteiger partial charge in [0.25, 0.3) is 0 Å². The highest BCUT2D eigenvalue weighted by atomic mass is 32.2. The monoisotopic (exact) mass is 574 g/mol. The molecule has 1 atom stereocenters. The molecule has 0 spiro atoms. The molecule has 1 aliphatic heterocycles. The van der Waals surface area contributed by atoms with Gasteiger partial charge in [-0.2, -0.15) is 14.1 Å². The number of rotatable bonds is 7. The third kappa shape index (κ3) is 5.42. The van der Waals surface area contributed by atoms with Gasteiger partial charge < -0.3 is 14.4 Å². The van der Waals surface area contributed by atoms with Crippen molar-refractivity contribution in [3.63, 3.8) is 0 Å². The Labute approximate surface area is 232 Å². The summed E-state index contributed by atoms with van der Waals surface area (Å²) in [6, 6.07) is 8.60. The zero-order valence-corrected chi connectivity index (χ0v) is 23.5. The molecule has 40 heavy (non-hydrogen) atoms. The molecule has 5 rings (SSSR count). The maximum Gasteiger partial charge on any atom is 0.316 e. The number of sulfonamides is 1. The fourth-order valence-corrected chi connectivity index (χ4v) is 6.56. The zero-order chi connectivity index (χ0) is 28.6. The first-order valence-electron chi connectivity index (χ1n) is 13.2. The van der Waals surface area contributed by atoms with Crippen molar-refractivity contribution in [2.24, 2.45) is 0 Å². The molecule has 0 amide bonds. The Bertz CT molecular complexity index is 1550. The normalized spacial score (nSPS) is 18.1. The van der Waals surface area contributed by atoms with E-state index in [4.69, 9.17) is 9.47 Å². The summed E-state index contributed by atoms with van der Waals surface area (Å²) >= 11 is 0. The van der Waals surface area contributed by atoms with Crippen molar-refractivity contribution in [2.75, 3.05) is 38.2 Å². The number of ether oxygens (including phenoxy) is 2. The quantitative estimate of drug-likeness (QED) is 0.428. The maximum absolute atomic E-state index is 14.0. The van der Waals surface area contributed by atoms with Crippen LogP contribution in [0.15, 0.2) is 47.4 Å². The topological polar surface area (TPSA) is 94.0 Å². The van der Waals surface area contributed by atoms with Crippen LogP contribution < -0.4 is 19.9 Å². The lowest BCUT2D eigenvalue weighted by molar-refractivity contribution is 0.180. The third-order valence-electron chi connectivity index (χ3n) is 7.44. The fourth-order valence-electron chi connectivity index (χ4n) is 5.29. The molecular formula is C28H32F2N4O5S. The summed E-state index contributed by atoms with van der Waals surface area (Å²) in [5, 5.41) is 3.68. The molecule has 9 nitrogen and oxygen atoms in total. The van der Waals surface area contributed by atoms with Gasteiger partial charge in [-0.3, -0.25) is 4.79 Å². The van der Waals surface area contributed by atoms with E-state index >= 15 is 0 Å². The van der Waals surface area contributed by atoms with Gasteiger partial charge in [-0.15, -0.1) is 0 Å². The van der Waals surface area contributed by atoms with Crippen molar-refractivity contribution in [1.82, 2.24) is 14.1 Å². The minimum absolute atomic E-state index is 0.0104. The highest BCUT2D eigenvalue weighted by molar-refractivity contribution is 7.89. The Morgan fingerprint density at radius 2 is 1.75 bits per heavy atom. The van der Waals surface area contributed by atoms with Crippen molar-refractivity contribution in [3.05, 3.63) is 75.7 Å². The van der Waals surface area contributed by atoms with Crippen LogP contribution in [0.4, 0.5) is 14.5 Å². The van der Waals surface area contributed by atoms with E-state index in [9.17, 15) is 22.0 Å². The molecule has 1 aliphatic carbocycles. The van der Waals surface area contributed by atoms with Gasteiger partial charge in [-0.05, 0) is 56.0 Å². The lowest BCUT2D eigenvalue weighted by Gasteiger charge is -2.37. The average molecular weight is 575 g/mol. The highest BCUT2D eigenvalue weighted by Crippen LogP contribution is 2.33. The van der Waals surface area contributed by atoms with Crippen LogP contribution in [0.1, 0.15) is 31.4 Å². The molecule has 12 heteroatoms. The second-order valence-corrected chi connectivity index (χ2v) is 12.8. The minimum Gasteiger partial charge on any atom is -0.496 e. The lowest BCUT2D eigenvalue weighted by Crippen LogP contribution is -2.50. The Kier molecular flexibility index (Phi) is 7.83. The van der Waals surface area contributed by atoms with E-state index < -0.39 is 32.5 Å². The largest absolute Gasteiger partial charge is 0.496 e. The van der Waals surface area contributed by atoms with Crippen LogP contribution in [0, 0.1) is 11.6 Å². The molecule has 1 aromatic heterocycles. The van der Waals surface area contributed by atoms with Crippen molar-refractivity contribution in [2.45, 2.75) is 44.5 Å². The molecule has 0 saturated carbocycles. The smallest absolute Gasteiger partial charge is 0.316 e. The van der Waals surface area contributed by atoms with Gasteiger partial charge in [0.1, 0.15) is 29.2 Å². The SMILES string of the molecule is COc1cccc2c1CCC(Oc1c(N3CCN(S(=O)(=O)C(C)C)CC3)cnn(-c3cc(F)cc(F)c3)c1=O)C2. The average Bonchev–Trinajstić information content (AvgIpc) is 2.93. The molecule has 1 fully saturated rings. The Hall–Kier alpha value is -3.51. The van der Waals surface area contributed by atoms with Gasteiger partial charge in [0, 0.05) is 38.7 Å². The first-order valence-corrected chi connectivity index (χ1v) is 14.7. The summed E-state index contributed by atoms with van der Waals surface area (Å²) < 4.78 is 67.6. The molecule has 1 saturated heterocycles. The fraction of sp³-hybridized carbons (Fsp3) is 0.429. The van der Waals surface area contributed by atoms with Crippen LogP contribution in [0.3, 0.4) is 0 Å². The number of anilines is 1. The second-order valence-electron chi connectivity index (χ2n) is 10.3. The number of aromatic nitrogens is 2. The summed E-state index contributed by atoms with van der Waals surface area (Å²) in [6.45, 7) is 4.43. The number of methoxy groups -OCH3 is 1. The summed E-state index contributed by atoms with van der Waals surface area (Å²) in [4.78, 5) is 15.6. The second kappa shape index (κ2) is 11.2. The number of hydrogen-bond donors (Lipinski definition) is 0. The Morgan fingerprint density at radius 1 is 1.05 bits per heavy atom. The maximum atomic E-state index is 14.0. The predicted molar refractivity (Wildman–Crippen MR) is 147 cm³/mol. The van der Waals surface area contributed by atoms with Crippen LogP contribution in [0.5, 0.6) is 11.5 Å². The van der Waals surface area contributed by atoms with Gasteiger partial charge >= 0.3 is 5.56 Å². The van der Waals surface area contributed by atoms with Crippen LogP contribution in [0.25, 0.3) is 5.69 Å². The van der Waals surface area contributed by atoms with E-state index in [2.05, 4.69) is 5.10 Å². The standard InChI is InChI=1S/C28H32F2N4O5S/c1-18(2)40(36,37)33-11-9-32(10-12-33)25-17-31-34(22-15-20(29)14-21(30)16-22)28(35)27(25)39-23-7-8-24-19(13-23)5-4-6-26(24)38-3/h4-6,14-18,23H,7-13H2,1-3H3. The van der Waals surface area contributed by atoms with Crippen molar-refractivity contribution in [3.8, 4) is 17.2 Å². The summed E-state index contributed by atoms with van der Waals surface area (Å²) in [6.07, 6.45) is 2.96. The summed E-state index contributed by atoms with van der Waals surface area (Å²) in [7, 11) is -1.79. The molecular weight excluding hydrogens is 542 g/mol. The van der Waals surface area contributed by atoms with Crippen LogP contribution in [0.2, 0.25) is 0 Å². The first kappa shape index (κ1) is 28.0. The number of nitrogens with zero attached hydrogens (tertiary/aromatic N) is 4. The van der Waals surface area contributed by atoms with Crippen LogP contribution in [-0.2, 0) is 22.9 Å². The Balaban J connectivity index is 1.49. The molecule has 1 unspecified atom stereocenters. The van der Waals surface area contributed by atoms with Crippen molar-refractivity contribution >= 4 is 15.7 Å². The van der Waals surface area contributed by atoms with E-state index in [-0.39, 0.29) is 30.6 Å². The molecule has 0 radical (unpaired) electrons. The van der Waals surface area contributed by atoms with E-state index in [1.807, 2.05) is 23.1 Å². The number of fused-ring (bicyclic) bond motifs is 1. The van der Waals surface area contributed by atoms with Crippen LogP contribution in [-0.4, -0.2) is 67.1 Å². The lowest BCUT2D eigenvalue weighted by atomic mass is 9.89. The highest BCUT2D eigenvalue weighted by Gasteiger charge is 2.32. The van der Waals surface area contributed by atoms with Crippen molar-refractivity contribution < 1.29 is 26.7 Å². The molecule has 2 aromatic carbocycles. The van der Waals surface area contributed by atoms with E-state index in [1.165, 1.54) is 10.5 Å². The van der Waals surface area contributed by atoms with E-state index in [0.717, 1.165) is 39.8 Å². The molecule has 2 heterocycles. The molecule has 2 aliphatic rings. The van der Waals surface area contributed by atoms with Gasteiger partial charge in [0.2, 0.25) is 15.8 Å². The molecule has 0 N–H and O–H groups in total. The molecule has 3 aromatic rings. The summed E-state index contributed by atoms with van der Waals surface area (Å²) in [5.41, 5.74) is 1.86. The third-order valence-corrected chi connectivity index (χ3v) is 9.72. The molecule has 0 bridgehead atoms. The Morgan fingerprint density at radius 3 is 2.40 bits per heavy atom. The summed E-state index contributed by atoms with van der Waals surface area (Å²) in [5.74, 6) is -0.854. The van der Waals surface area contributed by atoms with E-state index in [1.54, 1.807) is 21.0 Å². The number of halogens is 2.